The van der Waals surface area contributed by atoms with E-state index in [1.807, 2.05) is 13.8 Å². The van der Waals surface area contributed by atoms with Crippen LogP contribution < -0.4 is 10.2 Å². The molecule has 0 saturated heterocycles. The Bertz CT molecular complexity index is 166. The van der Waals surface area contributed by atoms with Gasteiger partial charge in [0.05, 0.1) is 13.2 Å². The Morgan fingerprint density at radius 3 is 1.35 bits per heavy atom. The van der Waals surface area contributed by atoms with Gasteiger partial charge in [-0.15, -0.1) is 0 Å². The number of carbonyl (C=O) groups excluding carboxylic acids is 2. The molecule has 0 aliphatic carbocycles. The van der Waals surface area contributed by atoms with Gasteiger partial charge >= 0.3 is 17.1 Å². The van der Waals surface area contributed by atoms with Crippen molar-refractivity contribution in [1.82, 2.24) is 0 Å². The van der Waals surface area contributed by atoms with Gasteiger partial charge in [0.25, 0.3) is 0 Å². The van der Waals surface area contributed by atoms with Gasteiger partial charge in [0.2, 0.25) is 0 Å². The summed E-state index contributed by atoms with van der Waals surface area (Å²) in [5, 5.41) is 19.4. The molecule has 0 atom stereocenters. The Morgan fingerprint density at radius 2 is 1.18 bits per heavy atom. The zero-order valence-electron chi connectivity index (χ0n) is 9.99. The molecule has 105 valence electrons. The van der Waals surface area contributed by atoms with Crippen LogP contribution in [0.1, 0.15) is 26.7 Å². The van der Waals surface area contributed by atoms with Gasteiger partial charge in [-0.25, -0.2) is 0 Å². The quantitative estimate of drug-likeness (QED) is 0.392. The van der Waals surface area contributed by atoms with Crippen LogP contribution in [-0.2, 0) is 36.1 Å². The van der Waals surface area contributed by atoms with Crippen molar-refractivity contribution >= 4 is 11.9 Å². The molecule has 0 aliphatic heterocycles. The zero-order valence-corrected chi connectivity index (χ0v) is 10.9. The molecule has 17 heavy (non-hydrogen) atoms. The third-order valence-electron chi connectivity index (χ3n) is 1.31. The minimum atomic E-state index is -1.06. The van der Waals surface area contributed by atoms with Crippen molar-refractivity contribution in [3.8, 4) is 0 Å². The predicted octanol–water partition coefficient (Wildman–Crippen LogP) is -1.68. The van der Waals surface area contributed by atoms with E-state index in [2.05, 4.69) is 0 Å². The van der Waals surface area contributed by atoms with Crippen LogP contribution in [0.5, 0.6) is 0 Å². The Labute approximate surface area is 112 Å². The van der Waals surface area contributed by atoms with E-state index in [1.165, 1.54) is 0 Å². The molecule has 0 unspecified atom stereocenters. The maximum atomic E-state index is 9.68. The van der Waals surface area contributed by atoms with Crippen molar-refractivity contribution in [2.75, 3.05) is 26.4 Å². The Morgan fingerprint density at radius 1 is 0.882 bits per heavy atom. The van der Waals surface area contributed by atoms with Gasteiger partial charge in [-0.3, -0.25) is 0 Å². The van der Waals surface area contributed by atoms with Gasteiger partial charge in [0, 0.05) is 38.0 Å². The van der Waals surface area contributed by atoms with Crippen molar-refractivity contribution in [2.24, 2.45) is 0 Å². The topological polar surface area (TPSA) is 98.7 Å². The smallest absolute Gasteiger partial charge is 0.550 e. The zero-order chi connectivity index (χ0) is 12.8. The number of ether oxygens (including phenoxy) is 2. The van der Waals surface area contributed by atoms with E-state index in [1.54, 1.807) is 0 Å². The minimum Gasteiger partial charge on any atom is -0.550 e. The fraction of sp³-hybridized carbons (Fsp3) is 0.800. The Balaban J connectivity index is -0.000000218. The molecular weight excluding hydrogens is 280 g/mol. The van der Waals surface area contributed by atoms with Crippen LogP contribution in [0.25, 0.3) is 0 Å². The van der Waals surface area contributed by atoms with Crippen molar-refractivity contribution in [1.29, 1.82) is 0 Å². The van der Waals surface area contributed by atoms with Gasteiger partial charge < -0.3 is 29.3 Å². The third kappa shape index (κ3) is 31.3. The normalized spacial score (nSPS) is 8.59. The SMILES string of the molecule is CCOCCC(=O)[O-].CCOCCC(=O)[O-].[Cu+2]. The summed E-state index contributed by atoms with van der Waals surface area (Å²) < 4.78 is 9.45. The molecule has 0 bridgehead atoms. The minimum absolute atomic E-state index is 0. The summed E-state index contributed by atoms with van der Waals surface area (Å²) in [6.45, 7) is 5.28. The van der Waals surface area contributed by atoms with Crippen LogP contribution in [0.4, 0.5) is 0 Å². The Hall–Kier alpha value is -0.621. The summed E-state index contributed by atoms with van der Waals surface area (Å²) in [6, 6.07) is 0. The largest absolute Gasteiger partial charge is 2.00 e. The third-order valence-corrected chi connectivity index (χ3v) is 1.31. The first-order valence-corrected chi connectivity index (χ1v) is 5.09. The molecule has 0 heterocycles. The first-order chi connectivity index (χ1) is 7.54. The summed E-state index contributed by atoms with van der Waals surface area (Å²) >= 11 is 0. The molecule has 1 radical (unpaired) electrons. The summed E-state index contributed by atoms with van der Waals surface area (Å²) in [4.78, 5) is 19.4. The van der Waals surface area contributed by atoms with E-state index >= 15 is 0 Å². The summed E-state index contributed by atoms with van der Waals surface area (Å²) in [7, 11) is 0. The summed E-state index contributed by atoms with van der Waals surface area (Å²) in [5.41, 5.74) is 0. The van der Waals surface area contributed by atoms with E-state index in [0.717, 1.165) is 0 Å². The molecule has 7 heteroatoms. The molecule has 0 rings (SSSR count). The molecular formula is C10H18CuO6. The number of carbonyl (C=O) groups is 2. The molecule has 0 aliphatic rings. The molecule has 0 fully saturated rings. The summed E-state index contributed by atoms with van der Waals surface area (Å²) in [6.07, 6.45) is -0.0122. The fourth-order valence-electron chi connectivity index (χ4n) is 0.600. The second-order valence-electron chi connectivity index (χ2n) is 2.64. The number of carboxylic acids is 2. The predicted molar refractivity (Wildman–Crippen MR) is 52.2 cm³/mol. The van der Waals surface area contributed by atoms with E-state index in [4.69, 9.17) is 9.47 Å². The maximum absolute atomic E-state index is 9.68. The molecule has 6 nitrogen and oxygen atoms in total. The van der Waals surface area contributed by atoms with Crippen molar-refractivity contribution in [3.05, 3.63) is 0 Å². The van der Waals surface area contributed by atoms with Crippen molar-refractivity contribution in [2.45, 2.75) is 26.7 Å². The van der Waals surface area contributed by atoms with E-state index in [9.17, 15) is 19.8 Å². The van der Waals surface area contributed by atoms with Crippen molar-refractivity contribution in [3.63, 3.8) is 0 Å². The number of hydrogen-bond acceptors (Lipinski definition) is 6. The second kappa shape index (κ2) is 17.8. The number of rotatable bonds is 8. The second-order valence-corrected chi connectivity index (χ2v) is 2.64. The van der Waals surface area contributed by atoms with Gasteiger partial charge in [-0.05, 0) is 13.8 Å². The van der Waals surface area contributed by atoms with Gasteiger partial charge in [0.15, 0.2) is 0 Å². The first kappa shape index (κ1) is 21.6. The van der Waals surface area contributed by atoms with E-state index < -0.39 is 11.9 Å². The van der Waals surface area contributed by atoms with Crippen LogP contribution in [0.15, 0.2) is 0 Å². The number of carboxylic acid groups (broad SMARTS) is 2. The monoisotopic (exact) mass is 297 g/mol. The molecule has 0 spiro atoms. The molecule has 0 amide bonds. The van der Waals surface area contributed by atoms with Gasteiger partial charge in [-0.2, -0.15) is 0 Å². The van der Waals surface area contributed by atoms with Crippen LogP contribution in [0.2, 0.25) is 0 Å². The van der Waals surface area contributed by atoms with E-state index in [-0.39, 0.29) is 43.1 Å². The molecule has 0 aromatic rings. The standard InChI is InChI=1S/2C5H10O3.Cu/c2*1-2-8-4-3-5(6)7;/h2*2-4H2,1H3,(H,6,7);/q;;+2/p-2. The van der Waals surface area contributed by atoms with Gasteiger partial charge in [0.1, 0.15) is 0 Å². The number of hydrogen-bond donors (Lipinski definition) is 0. The average molecular weight is 298 g/mol. The Kier molecular flexibility index (Phi) is 22.6. The van der Waals surface area contributed by atoms with Gasteiger partial charge in [-0.1, -0.05) is 0 Å². The molecule has 0 saturated carbocycles. The maximum Gasteiger partial charge on any atom is 2.00 e. The van der Waals surface area contributed by atoms with Crippen LogP contribution in [0, 0.1) is 0 Å². The molecule has 0 N–H and O–H groups in total. The van der Waals surface area contributed by atoms with Crippen molar-refractivity contribution < 1.29 is 46.3 Å². The number of aliphatic carboxylic acids is 2. The first-order valence-electron chi connectivity index (χ1n) is 5.09. The van der Waals surface area contributed by atoms with Crippen LogP contribution >= 0.6 is 0 Å². The van der Waals surface area contributed by atoms with Crippen LogP contribution in [-0.4, -0.2) is 38.4 Å². The molecule has 0 aromatic heterocycles. The average Bonchev–Trinajstić information content (AvgIpc) is 2.18. The van der Waals surface area contributed by atoms with E-state index in [0.29, 0.717) is 13.2 Å². The molecule has 0 aromatic carbocycles. The fourth-order valence-corrected chi connectivity index (χ4v) is 0.600. The van der Waals surface area contributed by atoms with Crippen LogP contribution in [0.3, 0.4) is 0 Å². The summed E-state index contributed by atoms with van der Waals surface area (Å²) in [5.74, 6) is -2.11.